The molecule has 1 aromatic heterocycles. The molecule has 0 bridgehead atoms. The molecule has 1 saturated heterocycles. The summed E-state index contributed by atoms with van der Waals surface area (Å²) in [5.41, 5.74) is 9.32. The molecule has 2 fully saturated rings. The molecule has 4 nitrogen and oxygen atoms in total. The lowest BCUT2D eigenvalue weighted by Gasteiger charge is -2.30. The van der Waals surface area contributed by atoms with E-state index in [4.69, 9.17) is 0 Å². The predicted octanol–water partition coefficient (Wildman–Crippen LogP) is 2.95. The minimum Gasteiger partial charge on any atom is -0.253 e. The van der Waals surface area contributed by atoms with Gasteiger partial charge < -0.3 is 0 Å². The number of fused-ring (bicyclic) bond motifs is 1. The minimum absolute atomic E-state index is 0.354. The monoisotopic (exact) mass is 346 g/mol. The fourth-order valence-electron chi connectivity index (χ4n) is 3.59. The molecule has 2 heterocycles. The van der Waals surface area contributed by atoms with Crippen LogP contribution in [-0.2, 0) is 0 Å². The van der Waals surface area contributed by atoms with Gasteiger partial charge in [0, 0.05) is 22.6 Å². The number of hydrogen-bond acceptors (Lipinski definition) is 3. The van der Waals surface area contributed by atoms with Crippen LogP contribution in [0.5, 0.6) is 0 Å². The van der Waals surface area contributed by atoms with Crippen LogP contribution in [0.25, 0.3) is 5.69 Å². The van der Waals surface area contributed by atoms with Crippen LogP contribution in [0.2, 0.25) is 0 Å². The second kappa shape index (κ2) is 5.55. The van der Waals surface area contributed by atoms with E-state index in [1.807, 2.05) is 29.1 Å². The number of hydrogen-bond donors (Lipinski definition) is 2. The lowest BCUT2D eigenvalue weighted by atomic mass is 9.80. The Hall–Kier alpha value is -1.17. The Labute approximate surface area is 133 Å². The summed E-state index contributed by atoms with van der Waals surface area (Å²) in [7, 11) is 0. The van der Waals surface area contributed by atoms with Gasteiger partial charge in [-0.1, -0.05) is 40.5 Å². The second-order valence-electron chi connectivity index (χ2n) is 5.96. The number of aromatic nitrogens is 2. The van der Waals surface area contributed by atoms with Gasteiger partial charge in [-0.3, -0.25) is 5.43 Å². The molecule has 4 atom stereocenters. The maximum Gasteiger partial charge on any atom is 0.0645 e. The molecule has 2 N–H and O–H groups in total. The number of nitrogens with zero attached hydrogens (tertiary/aromatic N) is 2. The van der Waals surface area contributed by atoms with Crippen LogP contribution >= 0.6 is 15.9 Å². The van der Waals surface area contributed by atoms with Gasteiger partial charge in [0.1, 0.15) is 0 Å². The van der Waals surface area contributed by atoms with E-state index < -0.39 is 0 Å². The van der Waals surface area contributed by atoms with E-state index in [-0.39, 0.29) is 0 Å². The van der Waals surface area contributed by atoms with Gasteiger partial charge in [0.05, 0.1) is 17.9 Å². The number of benzene rings is 1. The first kappa shape index (κ1) is 13.5. The molecule has 110 valence electrons. The van der Waals surface area contributed by atoms with E-state index in [1.54, 1.807) is 0 Å². The Balaban J connectivity index is 1.59. The summed E-state index contributed by atoms with van der Waals surface area (Å²) in [6, 6.07) is 11.1. The molecular weight excluding hydrogens is 328 g/mol. The number of halogens is 1. The molecule has 2 aliphatic rings. The standard InChI is InChI=1S/C16H19BrN4/c17-14-8-4-7-13-15(19-20-16(13)14)11-9-18-21(10-11)12-5-2-1-3-6-12/h1-3,5-6,9-10,13-16,19-20H,4,7-8H2. The van der Waals surface area contributed by atoms with Crippen LogP contribution in [0.1, 0.15) is 30.9 Å². The molecular formula is C16H19BrN4. The summed E-state index contributed by atoms with van der Waals surface area (Å²) in [6.07, 6.45) is 7.96. The molecule has 1 aromatic carbocycles. The maximum absolute atomic E-state index is 4.52. The van der Waals surface area contributed by atoms with Gasteiger partial charge in [0.25, 0.3) is 0 Å². The van der Waals surface area contributed by atoms with Gasteiger partial charge in [0.2, 0.25) is 0 Å². The van der Waals surface area contributed by atoms with E-state index in [9.17, 15) is 0 Å². The first-order valence-electron chi connectivity index (χ1n) is 7.58. The lowest BCUT2D eigenvalue weighted by molar-refractivity contribution is 0.318. The highest BCUT2D eigenvalue weighted by Crippen LogP contribution is 2.40. The molecule has 1 aliphatic carbocycles. The number of nitrogens with one attached hydrogen (secondary N) is 2. The van der Waals surface area contributed by atoms with Crippen molar-refractivity contribution in [2.24, 2.45) is 5.92 Å². The average Bonchev–Trinajstić information content (AvgIpc) is 3.15. The largest absolute Gasteiger partial charge is 0.253 e. The molecule has 0 amide bonds. The zero-order valence-corrected chi connectivity index (χ0v) is 13.3. The number of alkyl halides is 1. The van der Waals surface area contributed by atoms with Gasteiger partial charge in [-0.25, -0.2) is 10.1 Å². The summed E-state index contributed by atoms with van der Waals surface area (Å²) < 4.78 is 1.96. The van der Waals surface area contributed by atoms with E-state index >= 15 is 0 Å². The van der Waals surface area contributed by atoms with Crippen molar-refractivity contribution in [1.82, 2.24) is 20.6 Å². The third kappa shape index (κ3) is 2.43. The first-order chi connectivity index (χ1) is 10.3. The Morgan fingerprint density at radius 1 is 1.14 bits per heavy atom. The molecule has 1 aliphatic heterocycles. The van der Waals surface area contributed by atoms with Crippen molar-refractivity contribution in [2.45, 2.75) is 36.2 Å². The van der Waals surface area contributed by atoms with E-state index in [2.05, 4.69) is 50.2 Å². The first-order valence-corrected chi connectivity index (χ1v) is 8.49. The summed E-state index contributed by atoms with van der Waals surface area (Å²) in [5, 5.41) is 4.52. The van der Waals surface area contributed by atoms with Crippen molar-refractivity contribution >= 4 is 15.9 Å². The lowest BCUT2D eigenvalue weighted by Crippen LogP contribution is -2.40. The van der Waals surface area contributed by atoms with Crippen molar-refractivity contribution in [3.63, 3.8) is 0 Å². The van der Waals surface area contributed by atoms with E-state index in [1.165, 1.54) is 24.8 Å². The molecule has 0 radical (unpaired) electrons. The minimum atomic E-state index is 0.354. The molecule has 5 heteroatoms. The van der Waals surface area contributed by atoms with Gasteiger partial charge in [-0.15, -0.1) is 0 Å². The third-order valence-corrected chi connectivity index (χ3v) is 5.71. The van der Waals surface area contributed by atoms with Crippen molar-refractivity contribution in [2.75, 3.05) is 0 Å². The Kier molecular flexibility index (Phi) is 3.57. The summed E-state index contributed by atoms with van der Waals surface area (Å²) in [4.78, 5) is 0.568. The SMILES string of the molecule is BrC1CCCC2C(c3cnn(-c4ccccc4)c3)NNC12. The fraction of sp³-hybridized carbons (Fsp3) is 0.438. The van der Waals surface area contributed by atoms with Crippen molar-refractivity contribution in [3.05, 3.63) is 48.3 Å². The van der Waals surface area contributed by atoms with E-state index in [0.717, 1.165) is 5.69 Å². The highest BCUT2D eigenvalue weighted by atomic mass is 79.9. The topological polar surface area (TPSA) is 41.9 Å². The van der Waals surface area contributed by atoms with Crippen molar-refractivity contribution in [3.8, 4) is 5.69 Å². The second-order valence-corrected chi connectivity index (χ2v) is 7.13. The van der Waals surface area contributed by atoms with Gasteiger partial charge in [-0.05, 0) is 30.9 Å². The third-order valence-electron chi connectivity index (χ3n) is 4.68. The maximum atomic E-state index is 4.52. The Morgan fingerprint density at radius 3 is 2.86 bits per heavy atom. The molecule has 21 heavy (non-hydrogen) atoms. The zero-order chi connectivity index (χ0) is 14.2. The van der Waals surface area contributed by atoms with Crippen LogP contribution in [0.4, 0.5) is 0 Å². The highest BCUT2D eigenvalue weighted by Gasteiger charge is 2.42. The Bertz CT molecular complexity index is 612. The fourth-order valence-corrected chi connectivity index (χ4v) is 4.44. The molecule has 1 saturated carbocycles. The zero-order valence-electron chi connectivity index (χ0n) is 11.7. The van der Waals surface area contributed by atoms with Crippen molar-refractivity contribution < 1.29 is 0 Å². The number of rotatable bonds is 2. The van der Waals surface area contributed by atoms with Crippen molar-refractivity contribution in [1.29, 1.82) is 0 Å². The van der Waals surface area contributed by atoms with Crippen LogP contribution in [0, 0.1) is 5.92 Å². The van der Waals surface area contributed by atoms with Crippen LogP contribution in [-0.4, -0.2) is 20.6 Å². The molecule has 4 unspecified atom stereocenters. The number of hydrazine groups is 1. The molecule has 0 spiro atoms. The summed E-state index contributed by atoms with van der Waals surface area (Å²) >= 11 is 3.81. The number of para-hydroxylation sites is 1. The quantitative estimate of drug-likeness (QED) is 0.821. The molecule has 4 rings (SSSR count). The summed E-state index contributed by atoms with van der Waals surface area (Å²) in [6.45, 7) is 0. The van der Waals surface area contributed by atoms with E-state index in [0.29, 0.717) is 22.8 Å². The smallest absolute Gasteiger partial charge is 0.0645 e. The predicted molar refractivity (Wildman–Crippen MR) is 86.4 cm³/mol. The molecule has 2 aromatic rings. The van der Waals surface area contributed by atoms with Gasteiger partial charge >= 0.3 is 0 Å². The summed E-state index contributed by atoms with van der Waals surface area (Å²) in [5.74, 6) is 0.636. The normalized spacial score (nSPS) is 32.0. The van der Waals surface area contributed by atoms with Crippen LogP contribution in [0.3, 0.4) is 0 Å². The van der Waals surface area contributed by atoms with Crippen LogP contribution < -0.4 is 10.9 Å². The van der Waals surface area contributed by atoms with Gasteiger partial charge in [0.15, 0.2) is 0 Å². The average molecular weight is 347 g/mol. The van der Waals surface area contributed by atoms with Crippen LogP contribution in [0.15, 0.2) is 42.7 Å². The van der Waals surface area contributed by atoms with Gasteiger partial charge in [-0.2, -0.15) is 5.10 Å². The Morgan fingerprint density at radius 2 is 2.00 bits per heavy atom. The highest BCUT2D eigenvalue weighted by molar-refractivity contribution is 9.09.